The Labute approximate surface area is 118 Å². The van der Waals surface area contributed by atoms with Crippen LogP contribution in [0.4, 0.5) is 0 Å². The Balaban J connectivity index is 2.14. The second kappa shape index (κ2) is 6.73. The van der Waals surface area contributed by atoms with E-state index in [2.05, 4.69) is 17.2 Å². The minimum absolute atomic E-state index is 0.0953. The summed E-state index contributed by atoms with van der Waals surface area (Å²) in [6, 6.07) is 7.57. The quantitative estimate of drug-likeness (QED) is 0.819. The van der Waals surface area contributed by atoms with E-state index < -0.39 is 0 Å². The van der Waals surface area contributed by atoms with E-state index in [1.807, 2.05) is 31.2 Å². The predicted octanol–water partition coefficient (Wildman–Crippen LogP) is 3.66. The Hall–Kier alpha value is -1.32. The lowest BCUT2D eigenvalue weighted by Crippen LogP contribution is -2.29. The van der Waals surface area contributed by atoms with Crippen molar-refractivity contribution in [3.8, 4) is 5.75 Å². The summed E-state index contributed by atoms with van der Waals surface area (Å²) in [4.78, 5) is 4.36. The van der Waals surface area contributed by atoms with Crippen LogP contribution in [0.3, 0.4) is 0 Å². The van der Waals surface area contributed by atoms with Crippen molar-refractivity contribution in [1.29, 1.82) is 0 Å². The molecule has 0 fully saturated rings. The van der Waals surface area contributed by atoms with Gasteiger partial charge < -0.3 is 10.1 Å². The Bertz CT molecular complexity index is 545. The molecule has 0 spiro atoms. The lowest BCUT2D eigenvalue weighted by Gasteiger charge is -2.16. The second-order valence-electron chi connectivity index (χ2n) is 4.58. The van der Waals surface area contributed by atoms with Crippen molar-refractivity contribution < 1.29 is 4.74 Å². The molecule has 102 valence electrons. The Morgan fingerprint density at radius 1 is 1.37 bits per heavy atom. The first-order valence-corrected chi connectivity index (χ1v) is 7.00. The molecule has 1 aromatic carbocycles. The molecule has 0 aliphatic carbocycles. The van der Waals surface area contributed by atoms with Crippen LogP contribution >= 0.6 is 11.6 Å². The zero-order valence-corrected chi connectivity index (χ0v) is 12.1. The van der Waals surface area contributed by atoms with Crippen LogP contribution < -0.4 is 10.1 Å². The van der Waals surface area contributed by atoms with Crippen molar-refractivity contribution >= 4 is 22.5 Å². The van der Waals surface area contributed by atoms with Crippen molar-refractivity contribution in [3.63, 3.8) is 0 Å². The van der Waals surface area contributed by atoms with E-state index >= 15 is 0 Å². The summed E-state index contributed by atoms with van der Waals surface area (Å²) in [5, 5.41) is 4.97. The summed E-state index contributed by atoms with van der Waals surface area (Å²) in [5.41, 5.74) is 0.817. The average molecular weight is 279 g/mol. The molecule has 4 heteroatoms. The number of hydrogen-bond acceptors (Lipinski definition) is 3. The maximum Gasteiger partial charge on any atom is 0.146 e. The van der Waals surface area contributed by atoms with Crippen LogP contribution in [0, 0.1) is 0 Å². The molecular formula is C15H19ClN2O. The number of ether oxygens (including phenoxy) is 1. The first-order valence-electron chi connectivity index (χ1n) is 6.63. The van der Waals surface area contributed by atoms with Crippen molar-refractivity contribution in [2.24, 2.45) is 0 Å². The number of aromatic nitrogens is 1. The second-order valence-corrected chi connectivity index (χ2v) is 4.98. The van der Waals surface area contributed by atoms with E-state index in [9.17, 15) is 0 Å². The highest BCUT2D eigenvalue weighted by molar-refractivity contribution is 6.35. The number of fused-ring (bicyclic) bond motifs is 1. The van der Waals surface area contributed by atoms with E-state index in [1.54, 1.807) is 6.20 Å². The van der Waals surface area contributed by atoms with Crippen LogP contribution in [0.2, 0.25) is 5.02 Å². The molecule has 1 heterocycles. The fraction of sp³-hybridized carbons (Fsp3) is 0.400. The standard InChI is InChI=1S/C15H19ClN2O/c1-3-8-17-10-11(2)19-14-7-6-13(16)12-5-4-9-18-15(12)14/h4-7,9,11,17H,3,8,10H2,1-2H3. The monoisotopic (exact) mass is 278 g/mol. The van der Waals surface area contributed by atoms with Crippen molar-refractivity contribution in [1.82, 2.24) is 10.3 Å². The zero-order valence-electron chi connectivity index (χ0n) is 11.3. The lowest BCUT2D eigenvalue weighted by atomic mass is 10.2. The molecule has 0 aliphatic heterocycles. The summed E-state index contributed by atoms with van der Waals surface area (Å²) >= 11 is 6.16. The molecule has 1 atom stereocenters. The molecule has 2 rings (SSSR count). The van der Waals surface area contributed by atoms with Crippen LogP contribution in [-0.4, -0.2) is 24.2 Å². The molecule has 0 saturated heterocycles. The minimum atomic E-state index is 0.0953. The van der Waals surface area contributed by atoms with Gasteiger partial charge in [-0.2, -0.15) is 0 Å². The summed E-state index contributed by atoms with van der Waals surface area (Å²) in [6.07, 6.45) is 2.97. The molecule has 19 heavy (non-hydrogen) atoms. The Morgan fingerprint density at radius 3 is 3.00 bits per heavy atom. The number of halogens is 1. The molecule has 2 aromatic rings. The van der Waals surface area contributed by atoms with E-state index in [4.69, 9.17) is 16.3 Å². The largest absolute Gasteiger partial charge is 0.487 e. The summed E-state index contributed by atoms with van der Waals surface area (Å²) in [7, 11) is 0. The molecule has 1 N–H and O–H groups in total. The topological polar surface area (TPSA) is 34.1 Å². The van der Waals surface area contributed by atoms with Crippen LogP contribution in [-0.2, 0) is 0 Å². The van der Waals surface area contributed by atoms with Gasteiger partial charge in [-0.05, 0) is 44.2 Å². The molecule has 1 unspecified atom stereocenters. The Kier molecular flexibility index (Phi) is 5.00. The third-order valence-electron chi connectivity index (χ3n) is 2.87. The first kappa shape index (κ1) is 14.1. The van der Waals surface area contributed by atoms with Gasteiger partial charge in [0.25, 0.3) is 0 Å². The lowest BCUT2D eigenvalue weighted by molar-refractivity contribution is 0.220. The van der Waals surface area contributed by atoms with Gasteiger partial charge in [-0.15, -0.1) is 0 Å². The van der Waals surface area contributed by atoms with Crippen LogP contribution in [0.5, 0.6) is 5.75 Å². The third-order valence-corrected chi connectivity index (χ3v) is 3.20. The molecule has 1 aromatic heterocycles. The fourth-order valence-corrected chi connectivity index (χ4v) is 2.16. The van der Waals surface area contributed by atoms with Crippen molar-refractivity contribution in [2.45, 2.75) is 26.4 Å². The summed E-state index contributed by atoms with van der Waals surface area (Å²) in [6.45, 7) is 6.03. The van der Waals surface area contributed by atoms with Gasteiger partial charge >= 0.3 is 0 Å². The van der Waals surface area contributed by atoms with Gasteiger partial charge in [-0.1, -0.05) is 18.5 Å². The molecular weight excluding hydrogens is 260 g/mol. The normalized spacial score (nSPS) is 12.6. The maximum atomic E-state index is 6.16. The summed E-state index contributed by atoms with van der Waals surface area (Å²) < 4.78 is 5.95. The Morgan fingerprint density at radius 2 is 2.21 bits per heavy atom. The number of hydrogen-bond donors (Lipinski definition) is 1. The van der Waals surface area contributed by atoms with E-state index in [1.165, 1.54) is 0 Å². The molecule has 0 saturated carbocycles. The first-order chi connectivity index (χ1) is 9.22. The highest BCUT2D eigenvalue weighted by Gasteiger charge is 2.09. The van der Waals surface area contributed by atoms with Crippen LogP contribution in [0.1, 0.15) is 20.3 Å². The number of rotatable bonds is 6. The fourth-order valence-electron chi connectivity index (χ4n) is 1.95. The van der Waals surface area contributed by atoms with Gasteiger partial charge in [-0.3, -0.25) is 4.98 Å². The zero-order chi connectivity index (χ0) is 13.7. The van der Waals surface area contributed by atoms with Crippen LogP contribution in [0.25, 0.3) is 10.9 Å². The SMILES string of the molecule is CCCNCC(C)Oc1ccc(Cl)c2cccnc12. The number of pyridine rings is 1. The van der Waals surface area contributed by atoms with E-state index in [0.717, 1.165) is 36.2 Å². The highest BCUT2D eigenvalue weighted by Crippen LogP contribution is 2.30. The third kappa shape index (κ3) is 3.58. The van der Waals surface area contributed by atoms with Crippen molar-refractivity contribution in [3.05, 3.63) is 35.5 Å². The number of benzene rings is 1. The number of nitrogens with zero attached hydrogens (tertiary/aromatic N) is 1. The van der Waals surface area contributed by atoms with Gasteiger partial charge in [-0.25, -0.2) is 0 Å². The van der Waals surface area contributed by atoms with Crippen LogP contribution in [0.15, 0.2) is 30.5 Å². The molecule has 0 bridgehead atoms. The van der Waals surface area contributed by atoms with Gasteiger partial charge in [0.2, 0.25) is 0 Å². The summed E-state index contributed by atoms with van der Waals surface area (Å²) in [5.74, 6) is 0.783. The highest BCUT2D eigenvalue weighted by atomic mass is 35.5. The van der Waals surface area contributed by atoms with Crippen molar-refractivity contribution in [2.75, 3.05) is 13.1 Å². The molecule has 3 nitrogen and oxygen atoms in total. The minimum Gasteiger partial charge on any atom is -0.487 e. The smallest absolute Gasteiger partial charge is 0.146 e. The predicted molar refractivity (Wildman–Crippen MR) is 80.0 cm³/mol. The molecule has 0 amide bonds. The number of nitrogens with one attached hydrogen (secondary N) is 1. The van der Waals surface area contributed by atoms with Gasteiger partial charge in [0.05, 0.1) is 5.02 Å². The van der Waals surface area contributed by atoms with Gasteiger partial charge in [0.1, 0.15) is 17.4 Å². The molecule has 0 aliphatic rings. The average Bonchev–Trinajstić information content (AvgIpc) is 2.43. The maximum absolute atomic E-state index is 6.16. The van der Waals surface area contributed by atoms with E-state index in [0.29, 0.717) is 5.02 Å². The van der Waals surface area contributed by atoms with E-state index in [-0.39, 0.29) is 6.10 Å². The molecule has 0 radical (unpaired) electrons. The van der Waals surface area contributed by atoms with Gasteiger partial charge in [0, 0.05) is 18.1 Å². The van der Waals surface area contributed by atoms with Gasteiger partial charge in [0.15, 0.2) is 0 Å².